The summed E-state index contributed by atoms with van der Waals surface area (Å²) >= 11 is 0. The number of hydrogen-bond acceptors (Lipinski definition) is 5. The summed E-state index contributed by atoms with van der Waals surface area (Å²) in [6, 6.07) is 5.21. The van der Waals surface area contributed by atoms with Gasteiger partial charge in [-0.05, 0) is 62.8 Å². The van der Waals surface area contributed by atoms with E-state index in [0.717, 1.165) is 42.2 Å². The number of carbonyl (C=O) groups excluding carboxylic acids is 1. The fourth-order valence-corrected chi connectivity index (χ4v) is 5.11. The number of piperidine rings is 1. The highest BCUT2D eigenvalue weighted by Gasteiger charge is 2.44. The first-order valence-electron chi connectivity index (χ1n) is 11.1. The van der Waals surface area contributed by atoms with Gasteiger partial charge in [-0.15, -0.1) is 0 Å². The van der Waals surface area contributed by atoms with Gasteiger partial charge in [0.1, 0.15) is 11.3 Å². The lowest BCUT2D eigenvalue weighted by Gasteiger charge is -2.47. The fourth-order valence-electron chi connectivity index (χ4n) is 5.11. The van der Waals surface area contributed by atoms with Gasteiger partial charge in [0.2, 0.25) is 0 Å². The Bertz CT molecular complexity index is 1010. The first-order valence-corrected chi connectivity index (χ1v) is 11.1. The van der Waals surface area contributed by atoms with E-state index in [1.54, 1.807) is 6.92 Å². The molecule has 6 heteroatoms. The van der Waals surface area contributed by atoms with Crippen molar-refractivity contribution in [3.8, 4) is 5.75 Å². The van der Waals surface area contributed by atoms with E-state index in [4.69, 9.17) is 9.15 Å². The molecular weight excluding hydrogens is 382 g/mol. The molecule has 0 bridgehead atoms. The van der Waals surface area contributed by atoms with Crippen molar-refractivity contribution in [1.82, 2.24) is 4.90 Å². The van der Waals surface area contributed by atoms with Crippen molar-refractivity contribution in [1.29, 1.82) is 0 Å². The first-order chi connectivity index (χ1) is 14.3. The van der Waals surface area contributed by atoms with Crippen LogP contribution in [0.5, 0.6) is 5.75 Å². The van der Waals surface area contributed by atoms with Gasteiger partial charge in [0.25, 0.3) is 5.91 Å². The van der Waals surface area contributed by atoms with Gasteiger partial charge in [-0.1, -0.05) is 19.8 Å². The number of fused-ring (bicyclic) bond motifs is 2. The highest BCUT2D eigenvalue weighted by Crippen LogP contribution is 2.40. The predicted molar refractivity (Wildman–Crippen MR) is 115 cm³/mol. The van der Waals surface area contributed by atoms with E-state index in [9.17, 15) is 14.7 Å². The molecule has 2 aliphatic rings. The van der Waals surface area contributed by atoms with Gasteiger partial charge in [0.15, 0.2) is 6.10 Å². The molecule has 0 unspecified atom stereocenters. The summed E-state index contributed by atoms with van der Waals surface area (Å²) in [5.74, 6) is 0.655. The second kappa shape index (κ2) is 8.06. The summed E-state index contributed by atoms with van der Waals surface area (Å²) in [7, 11) is 0. The Hall–Kier alpha value is -2.34. The summed E-state index contributed by atoms with van der Waals surface area (Å²) in [5.41, 5.74) is 1.24. The normalized spacial score (nSPS) is 25.1. The molecule has 162 valence electrons. The molecule has 1 aromatic heterocycles. The van der Waals surface area contributed by atoms with Crippen LogP contribution in [0.4, 0.5) is 0 Å². The molecule has 2 heterocycles. The Labute approximate surface area is 176 Å². The molecule has 0 radical (unpaired) electrons. The third-order valence-corrected chi connectivity index (χ3v) is 6.81. The Morgan fingerprint density at radius 3 is 2.90 bits per heavy atom. The first kappa shape index (κ1) is 20.9. The van der Waals surface area contributed by atoms with E-state index >= 15 is 0 Å². The summed E-state index contributed by atoms with van der Waals surface area (Å²) in [6.07, 6.45) is 4.62. The highest BCUT2D eigenvalue weighted by molar-refractivity contribution is 5.88. The lowest BCUT2D eigenvalue weighted by atomic mass is 9.71. The zero-order valence-corrected chi connectivity index (χ0v) is 18.1. The highest BCUT2D eigenvalue weighted by atomic mass is 16.5. The molecule has 1 aliphatic carbocycles. The summed E-state index contributed by atoms with van der Waals surface area (Å²) < 4.78 is 11.5. The van der Waals surface area contributed by atoms with E-state index in [1.165, 1.54) is 6.07 Å². The summed E-state index contributed by atoms with van der Waals surface area (Å²) in [4.78, 5) is 26.9. The smallest absolute Gasteiger partial charge is 0.336 e. The van der Waals surface area contributed by atoms with E-state index in [2.05, 4.69) is 0 Å². The molecule has 1 amide bonds. The summed E-state index contributed by atoms with van der Waals surface area (Å²) in [6.45, 7) is 6.80. The van der Waals surface area contributed by atoms with Crippen molar-refractivity contribution < 1.29 is 19.1 Å². The zero-order valence-electron chi connectivity index (χ0n) is 18.1. The number of carbonyl (C=O) groups is 1. The monoisotopic (exact) mass is 413 g/mol. The number of nitrogens with zero attached hydrogens (tertiary/aromatic N) is 1. The molecule has 2 aromatic rings. The van der Waals surface area contributed by atoms with E-state index in [-0.39, 0.29) is 17.5 Å². The molecular formula is C24H31NO5. The van der Waals surface area contributed by atoms with Crippen LogP contribution in [0, 0.1) is 12.8 Å². The number of hydrogen-bond donors (Lipinski definition) is 1. The molecule has 4 rings (SSSR count). The molecule has 30 heavy (non-hydrogen) atoms. The molecule has 1 saturated carbocycles. The largest absolute Gasteiger partial charge is 0.480 e. The van der Waals surface area contributed by atoms with Crippen molar-refractivity contribution in [2.75, 3.05) is 13.1 Å². The third-order valence-electron chi connectivity index (χ3n) is 6.81. The van der Waals surface area contributed by atoms with Crippen LogP contribution in [0.15, 0.2) is 27.4 Å². The van der Waals surface area contributed by atoms with Gasteiger partial charge in [-0.3, -0.25) is 4.79 Å². The Kier molecular flexibility index (Phi) is 5.62. The van der Waals surface area contributed by atoms with Crippen LogP contribution in [0.3, 0.4) is 0 Å². The lowest BCUT2D eigenvalue weighted by Crippen LogP contribution is -2.56. The van der Waals surface area contributed by atoms with Gasteiger partial charge >= 0.3 is 5.63 Å². The number of benzene rings is 1. The average Bonchev–Trinajstić information content (AvgIpc) is 2.71. The van der Waals surface area contributed by atoms with Crippen LogP contribution in [0.25, 0.3) is 11.0 Å². The number of amides is 1. The van der Waals surface area contributed by atoms with Crippen LogP contribution >= 0.6 is 0 Å². The van der Waals surface area contributed by atoms with E-state index in [0.29, 0.717) is 37.3 Å². The van der Waals surface area contributed by atoms with Crippen molar-refractivity contribution in [2.24, 2.45) is 5.92 Å². The maximum Gasteiger partial charge on any atom is 0.336 e. The molecule has 1 saturated heterocycles. The quantitative estimate of drug-likeness (QED) is 0.775. The minimum Gasteiger partial charge on any atom is -0.480 e. The predicted octanol–water partition coefficient (Wildman–Crippen LogP) is 3.58. The second-order valence-electron chi connectivity index (χ2n) is 8.92. The van der Waals surface area contributed by atoms with Crippen LogP contribution in [-0.2, 0) is 11.2 Å². The average molecular weight is 414 g/mol. The van der Waals surface area contributed by atoms with E-state index < -0.39 is 11.7 Å². The van der Waals surface area contributed by atoms with Crippen molar-refractivity contribution in [3.63, 3.8) is 0 Å². The number of likely N-dealkylation sites (tertiary alicyclic amines) is 1. The molecule has 1 aromatic carbocycles. The van der Waals surface area contributed by atoms with Gasteiger partial charge in [0, 0.05) is 25.1 Å². The SMILES string of the molecule is CCc1cc(=O)oc2cc(C)cc(O[C@@H](C)C(=O)N3CC[C@]4(O)CCCC[C@@H]4C3)c12. The zero-order chi connectivity index (χ0) is 21.5. The van der Waals surface area contributed by atoms with Crippen LogP contribution in [0.1, 0.15) is 57.1 Å². The minimum absolute atomic E-state index is 0.0623. The molecule has 1 aliphatic heterocycles. The van der Waals surface area contributed by atoms with Crippen molar-refractivity contribution in [3.05, 3.63) is 39.7 Å². The van der Waals surface area contributed by atoms with Crippen LogP contribution in [-0.4, -0.2) is 40.7 Å². The second-order valence-corrected chi connectivity index (χ2v) is 8.92. The topological polar surface area (TPSA) is 80.0 Å². The molecule has 1 N–H and O–H groups in total. The maximum absolute atomic E-state index is 13.2. The minimum atomic E-state index is -0.665. The van der Waals surface area contributed by atoms with Crippen LogP contribution < -0.4 is 10.4 Å². The Balaban J connectivity index is 1.56. The molecule has 6 nitrogen and oxygen atoms in total. The van der Waals surface area contributed by atoms with E-state index in [1.807, 2.05) is 30.9 Å². The molecule has 0 spiro atoms. The fraction of sp³-hybridized carbons (Fsp3) is 0.583. The number of aryl methyl sites for hydroxylation is 2. The number of aliphatic hydroxyl groups is 1. The summed E-state index contributed by atoms with van der Waals surface area (Å²) in [5, 5.41) is 11.6. The third kappa shape index (κ3) is 3.85. The lowest BCUT2D eigenvalue weighted by molar-refractivity contribution is -0.149. The van der Waals surface area contributed by atoms with Crippen molar-refractivity contribution >= 4 is 16.9 Å². The van der Waals surface area contributed by atoms with Gasteiger partial charge < -0.3 is 19.2 Å². The number of ether oxygens (including phenoxy) is 1. The Morgan fingerprint density at radius 2 is 2.13 bits per heavy atom. The van der Waals surface area contributed by atoms with Gasteiger partial charge in [0.05, 0.1) is 11.0 Å². The number of rotatable bonds is 4. The van der Waals surface area contributed by atoms with Gasteiger partial charge in [-0.25, -0.2) is 4.79 Å². The Morgan fingerprint density at radius 1 is 1.33 bits per heavy atom. The molecule has 2 fully saturated rings. The molecule has 3 atom stereocenters. The maximum atomic E-state index is 13.2. The standard InChI is InChI=1S/C24H31NO5/c1-4-17-13-21(26)30-20-12-15(2)11-19(22(17)20)29-16(3)23(27)25-10-9-24(28)8-6-5-7-18(24)14-25/h11-13,16,18,28H,4-10,14H2,1-3H3/t16-,18+,24+/m0/s1. The van der Waals surface area contributed by atoms with Gasteiger partial charge in [-0.2, -0.15) is 0 Å². The van der Waals surface area contributed by atoms with Crippen molar-refractivity contribution in [2.45, 2.75) is 71.0 Å². The van der Waals surface area contributed by atoms with Crippen LogP contribution in [0.2, 0.25) is 0 Å².